The van der Waals surface area contributed by atoms with E-state index >= 15 is 0 Å². The summed E-state index contributed by atoms with van der Waals surface area (Å²) in [6.07, 6.45) is 1.28. The van der Waals surface area contributed by atoms with Crippen molar-refractivity contribution in [2.45, 2.75) is 84.0 Å². The highest BCUT2D eigenvalue weighted by Gasteiger charge is 2.44. The molecule has 0 amide bonds. The van der Waals surface area contributed by atoms with Gasteiger partial charge >= 0.3 is 0 Å². The minimum absolute atomic E-state index is 0.0519. The van der Waals surface area contributed by atoms with E-state index in [9.17, 15) is 5.11 Å². The van der Waals surface area contributed by atoms with E-state index in [0.717, 1.165) is 5.57 Å². The summed E-state index contributed by atoms with van der Waals surface area (Å²) >= 11 is 0. The second-order valence-electron chi connectivity index (χ2n) is 8.77. The van der Waals surface area contributed by atoms with Crippen LogP contribution in [0.1, 0.15) is 34.6 Å². The Kier molecular flexibility index (Phi) is 6.98. The molecule has 0 aromatic heterocycles. The molecule has 0 aliphatic rings. The van der Waals surface area contributed by atoms with Gasteiger partial charge in [0.1, 0.15) is 8.07 Å². The number of rotatable bonds is 3. The summed E-state index contributed by atoms with van der Waals surface area (Å²) in [5, 5.41) is 10.9. The summed E-state index contributed by atoms with van der Waals surface area (Å²) < 4.78 is 0. The third kappa shape index (κ3) is 6.84. The summed E-state index contributed by atoms with van der Waals surface area (Å²) in [6, 6.07) is 0. The third-order valence-corrected chi connectivity index (χ3v) is 11.0. The van der Waals surface area contributed by atoms with Crippen LogP contribution in [0.25, 0.3) is 0 Å². The van der Waals surface area contributed by atoms with Gasteiger partial charge < -0.3 is 5.11 Å². The Morgan fingerprint density at radius 1 is 1.05 bits per heavy atom. The van der Waals surface area contributed by atoms with Crippen molar-refractivity contribution >= 4 is 16.1 Å². The highest BCUT2D eigenvalue weighted by atomic mass is 28.3. The lowest BCUT2D eigenvalue weighted by molar-refractivity contribution is 0.225. The molecule has 0 aliphatic heterocycles. The van der Waals surface area contributed by atoms with Crippen LogP contribution < -0.4 is 0 Å². The molecule has 0 rings (SSSR count). The smallest absolute Gasteiger partial charge is 0.129 e. The summed E-state index contributed by atoms with van der Waals surface area (Å²) in [5.74, 6) is 3.47. The summed E-state index contributed by atoms with van der Waals surface area (Å²) in [4.78, 5) is 0. The minimum Gasteiger partial charge on any atom is -0.387 e. The zero-order chi connectivity index (χ0) is 17.1. The third-order valence-electron chi connectivity index (χ3n) is 4.20. The van der Waals surface area contributed by atoms with E-state index in [2.05, 4.69) is 70.7 Å². The van der Waals surface area contributed by atoms with Gasteiger partial charge in [0.05, 0.1) is 14.2 Å². The second-order valence-corrected chi connectivity index (χ2v) is 19.1. The van der Waals surface area contributed by atoms with Crippen molar-refractivity contribution < 1.29 is 5.11 Å². The van der Waals surface area contributed by atoms with E-state index < -0.39 is 22.3 Å². The van der Waals surface area contributed by atoms with Gasteiger partial charge in [-0.2, -0.15) is 0 Å². The fourth-order valence-electron chi connectivity index (χ4n) is 1.80. The zero-order valence-electron chi connectivity index (χ0n) is 15.7. The molecule has 3 heteroatoms. The van der Waals surface area contributed by atoms with Gasteiger partial charge in [0.15, 0.2) is 0 Å². The average molecular weight is 323 g/mol. The molecule has 0 spiro atoms. The van der Waals surface area contributed by atoms with Crippen molar-refractivity contribution in [3.63, 3.8) is 0 Å². The minimum atomic E-state index is -1.75. The van der Waals surface area contributed by atoms with Crippen molar-refractivity contribution in [2.75, 3.05) is 0 Å². The number of hydrogen-bond acceptors (Lipinski definition) is 1. The van der Waals surface area contributed by atoms with Gasteiger partial charge in [0.2, 0.25) is 0 Å². The first-order valence-electron chi connectivity index (χ1n) is 7.79. The van der Waals surface area contributed by atoms with E-state index in [1.807, 2.05) is 13.8 Å². The lowest BCUT2D eigenvalue weighted by Crippen LogP contribution is -2.46. The maximum Gasteiger partial charge on any atom is 0.129 e. The molecule has 0 heterocycles. The zero-order valence-corrected chi connectivity index (χ0v) is 17.7. The van der Waals surface area contributed by atoms with Gasteiger partial charge in [-0.3, -0.25) is 0 Å². The van der Waals surface area contributed by atoms with Gasteiger partial charge in [0.25, 0.3) is 0 Å². The topological polar surface area (TPSA) is 20.2 Å². The van der Waals surface area contributed by atoms with E-state index in [-0.39, 0.29) is 10.6 Å². The largest absolute Gasteiger partial charge is 0.387 e. The van der Waals surface area contributed by atoms with Crippen LogP contribution in [0.2, 0.25) is 43.3 Å². The van der Waals surface area contributed by atoms with Gasteiger partial charge in [-0.15, -0.1) is 17.2 Å². The first kappa shape index (κ1) is 20.5. The maximum absolute atomic E-state index is 10.7. The molecule has 0 saturated carbocycles. The molecule has 0 aromatic rings. The fraction of sp³-hybridized carbons (Fsp3) is 0.722. The molecule has 21 heavy (non-hydrogen) atoms. The molecular weight excluding hydrogens is 288 g/mol. The molecule has 0 bridgehead atoms. The van der Waals surface area contributed by atoms with Crippen LogP contribution >= 0.6 is 0 Å². The molecule has 2 atom stereocenters. The Bertz CT molecular complexity index is 468. The number of hydrogen-bond donors (Lipinski definition) is 1. The molecule has 1 N–H and O–H groups in total. The van der Waals surface area contributed by atoms with E-state index in [4.69, 9.17) is 0 Å². The molecule has 1 nitrogen and oxygen atoms in total. The van der Waals surface area contributed by atoms with Crippen LogP contribution in [-0.4, -0.2) is 27.4 Å². The van der Waals surface area contributed by atoms with Crippen molar-refractivity contribution in [2.24, 2.45) is 0 Å². The standard InChI is InChI=1S/C18H34OSi2/c1-15(2)11-12-16(19)17(13-14-20(6,7)8)21(9,10)18(3,4)5/h12,16-17,19H,1-10H3/t16-,17+/m1/s1. The fourth-order valence-corrected chi connectivity index (χ4v) is 4.85. The van der Waals surface area contributed by atoms with Crippen LogP contribution in [0, 0.1) is 11.5 Å². The second kappa shape index (κ2) is 7.16. The summed E-state index contributed by atoms with van der Waals surface area (Å²) in [5.41, 5.74) is 7.77. The van der Waals surface area contributed by atoms with Gasteiger partial charge in [-0.25, -0.2) is 0 Å². The lowest BCUT2D eigenvalue weighted by Gasteiger charge is -2.42. The van der Waals surface area contributed by atoms with Crippen molar-refractivity contribution in [3.8, 4) is 11.5 Å². The molecular formula is C18H34OSi2. The van der Waals surface area contributed by atoms with Gasteiger partial charge in [0, 0.05) is 5.54 Å². The lowest BCUT2D eigenvalue weighted by atomic mass is 10.2. The van der Waals surface area contributed by atoms with E-state index in [0.29, 0.717) is 0 Å². The molecule has 0 unspecified atom stereocenters. The Morgan fingerprint density at radius 2 is 1.52 bits per heavy atom. The van der Waals surface area contributed by atoms with Crippen LogP contribution in [0.5, 0.6) is 0 Å². The van der Waals surface area contributed by atoms with E-state index in [1.165, 1.54) is 0 Å². The predicted molar refractivity (Wildman–Crippen MR) is 101 cm³/mol. The quantitative estimate of drug-likeness (QED) is 0.428. The Hall–Kier alpha value is -0.526. The molecule has 0 aromatic carbocycles. The molecule has 0 radical (unpaired) electrons. The highest BCUT2D eigenvalue weighted by Crippen LogP contribution is 2.44. The SMILES string of the molecule is CC(C)=C=C[C@@H](O)[C@H](C#C[Si](C)(C)C)[Si](C)(C)C(C)(C)C. The summed E-state index contributed by atoms with van der Waals surface area (Å²) in [6.45, 7) is 22.3. The summed E-state index contributed by atoms with van der Waals surface area (Å²) in [7, 11) is -3.19. The Labute approximate surface area is 134 Å². The Morgan fingerprint density at radius 3 is 1.86 bits per heavy atom. The first-order chi connectivity index (χ1) is 9.18. The monoisotopic (exact) mass is 322 g/mol. The first-order valence-corrected chi connectivity index (χ1v) is 14.4. The van der Waals surface area contributed by atoms with Crippen LogP contribution in [0.15, 0.2) is 17.4 Å². The van der Waals surface area contributed by atoms with Gasteiger partial charge in [-0.1, -0.05) is 53.5 Å². The highest BCUT2D eigenvalue weighted by molar-refractivity contribution is 6.85. The van der Waals surface area contributed by atoms with Gasteiger partial charge in [-0.05, 0) is 30.5 Å². The number of aliphatic hydroxyl groups is 1. The molecule has 0 fully saturated rings. The average Bonchev–Trinajstić information content (AvgIpc) is 2.22. The molecule has 0 aliphatic carbocycles. The Balaban J connectivity index is 5.80. The predicted octanol–water partition coefficient (Wildman–Crippen LogP) is 5.23. The molecule has 0 saturated heterocycles. The van der Waals surface area contributed by atoms with Crippen LogP contribution in [-0.2, 0) is 0 Å². The molecule has 120 valence electrons. The normalized spacial score (nSPS) is 15.4. The van der Waals surface area contributed by atoms with Crippen molar-refractivity contribution in [1.29, 1.82) is 0 Å². The number of aliphatic hydroxyl groups excluding tert-OH is 1. The van der Waals surface area contributed by atoms with Crippen molar-refractivity contribution in [3.05, 3.63) is 17.4 Å². The van der Waals surface area contributed by atoms with Crippen molar-refractivity contribution in [1.82, 2.24) is 0 Å². The van der Waals surface area contributed by atoms with Crippen LogP contribution in [0.3, 0.4) is 0 Å². The van der Waals surface area contributed by atoms with Crippen LogP contribution in [0.4, 0.5) is 0 Å². The maximum atomic E-state index is 10.7. The van der Waals surface area contributed by atoms with E-state index in [1.54, 1.807) is 6.08 Å².